The van der Waals surface area contributed by atoms with Crippen molar-refractivity contribution in [3.8, 4) is 5.75 Å². The fraction of sp³-hybridized carbons (Fsp3) is 0.333. The number of ether oxygens (including phenoxy) is 2. The summed E-state index contributed by atoms with van der Waals surface area (Å²) in [6.45, 7) is 5.15. The Kier molecular flexibility index (Phi) is 5.32. The average Bonchev–Trinajstić information content (AvgIpc) is 2.39. The van der Waals surface area contributed by atoms with Gasteiger partial charge >= 0.3 is 5.97 Å². The van der Waals surface area contributed by atoms with E-state index in [9.17, 15) is 9.59 Å². The molecule has 0 aromatic heterocycles. The molecule has 0 radical (unpaired) electrons. The van der Waals surface area contributed by atoms with Gasteiger partial charge in [-0.3, -0.25) is 4.79 Å². The normalized spacial score (nSPS) is 10.9. The number of methoxy groups -OCH3 is 2. The first-order chi connectivity index (χ1) is 9.38. The van der Waals surface area contributed by atoms with E-state index >= 15 is 0 Å². The van der Waals surface area contributed by atoms with Crippen LogP contribution < -0.4 is 10.1 Å². The molecule has 20 heavy (non-hydrogen) atoms. The molecule has 0 saturated carbocycles. The fourth-order valence-corrected chi connectivity index (χ4v) is 1.87. The zero-order chi connectivity index (χ0) is 15.3. The van der Waals surface area contributed by atoms with E-state index in [-0.39, 0.29) is 11.6 Å². The van der Waals surface area contributed by atoms with E-state index < -0.39 is 5.97 Å². The third kappa shape index (κ3) is 3.85. The molecule has 0 fully saturated rings. The van der Waals surface area contributed by atoms with Gasteiger partial charge in [0.15, 0.2) is 0 Å². The van der Waals surface area contributed by atoms with Crippen LogP contribution >= 0.6 is 0 Å². The molecule has 108 valence electrons. The number of esters is 1. The third-order valence-electron chi connectivity index (χ3n) is 2.81. The van der Waals surface area contributed by atoms with Gasteiger partial charge in [0, 0.05) is 6.92 Å². The molecule has 1 aromatic rings. The van der Waals surface area contributed by atoms with Gasteiger partial charge in [-0.25, -0.2) is 4.79 Å². The van der Waals surface area contributed by atoms with E-state index in [1.54, 1.807) is 13.2 Å². The van der Waals surface area contributed by atoms with E-state index in [1.165, 1.54) is 14.0 Å². The lowest BCUT2D eigenvalue weighted by atomic mass is 10.0. The monoisotopic (exact) mass is 277 g/mol. The number of aryl methyl sites for hydroxylation is 2. The Hall–Kier alpha value is -2.30. The molecule has 1 rings (SSSR count). The fourth-order valence-electron chi connectivity index (χ4n) is 1.87. The van der Waals surface area contributed by atoms with E-state index in [1.807, 2.05) is 26.0 Å². The summed E-state index contributed by atoms with van der Waals surface area (Å²) in [5, 5.41) is 2.48. The van der Waals surface area contributed by atoms with Crippen LogP contribution in [-0.4, -0.2) is 26.1 Å². The Morgan fingerprint density at radius 2 is 1.70 bits per heavy atom. The van der Waals surface area contributed by atoms with Crippen LogP contribution in [0.4, 0.5) is 0 Å². The van der Waals surface area contributed by atoms with Gasteiger partial charge in [-0.2, -0.15) is 0 Å². The van der Waals surface area contributed by atoms with Gasteiger partial charge in [0.2, 0.25) is 5.91 Å². The standard InChI is InChI=1S/C15H19NO4/c1-9-6-12(19-4)7-10(2)13(9)8-14(15(18)20-5)16-11(3)17/h6-8H,1-5H3,(H,16,17)/b14-8-. The van der Waals surface area contributed by atoms with Gasteiger partial charge in [0.25, 0.3) is 0 Å². The quantitative estimate of drug-likeness (QED) is 0.675. The average molecular weight is 277 g/mol. The van der Waals surface area contributed by atoms with E-state index in [2.05, 4.69) is 10.1 Å². The van der Waals surface area contributed by atoms with Crippen molar-refractivity contribution in [3.63, 3.8) is 0 Å². The van der Waals surface area contributed by atoms with E-state index in [0.29, 0.717) is 0 Å². The van der Waals surface area contributed by atoms with Gasteiger partial charge < -0.3 is 14.8 Å². The van der Waals surface area contributed by atoms with Crippen LogP contribution in [0.1, 0.15) is 23.6 Å². The lowest BCUT2D eigenvalue weighted by Crippen LogP contribution is -2.25. The van der Waals surface area contributed by atoms with Crippen molar-refractivity contribution >= 4 is 18.0 Å². The molecule has 0 atom stereocenters. The predicted molar refractivity (Wildman–Crippen MR) is 76.3 cm³/mol. The first-order valence-electron chi connectivity index (χ1n) is 6.12. The van der Waals surface area contributed by atoms with Crippen LogP contribution in [0.5, 0.6) is 5.75 Å². The molecule has 0 saturated heterocycles. The Bertz CT molecular complexity index is 538. The maximum atomic E-state index is 11.7. The highest BCUT2D eigenvalue weighted by Gasteiger charge is 2.13. The summed E-state index contributed by atoms with van der Waals surface area (Å²) in [5.41, 5.74) is 2.83. The molecule has 0 bridgehead atoms. The summed E-state index contributed by atoms with van der Waals surface area (Å²) in [7, 11) is 2.87. The molecule has 0 spiro atoms. The number of rotatable bonds is 4. The van der Waals surface area contributed by atoms with Crippen molar-refractivity contribution in [1.29, 1.82) is 0 Å². The third-order valence-corrected chi connectivity index (χ3v) is 2.81. The zero-order valence-corrected chi connectivity index (χ0v) is 12.4. The minimum Gasteiger partial charge on any atom is -0.497 e. The smallest absolute Gasteiger partial charge is 0.354 e. The minimum absolute atomic E-state index is 0.108. The number of nitrogens with one attached hydrogen (secondary N) is 1. The lowest BCUT2D eigenvalue weighted by molar-refractivity contribution is -0.137. The highest BCUT2D eigenvalue weighted by molar-refractivity contribution is 5.97. The van der Waals surface area contributed by atoms with Crippen molar-refractivity contribution in [2.75, 3.05) is 14.2 Å². The van der Waals surface area contributed by atoms with Gasteiger partial charge in [-0.1, -0.05) is 0 Å². The van der Waals surface area contributed by atoms with Crippen LogP contribution in [-0.2, 0) is 14.3 Å². The molecular weight excluding hydrogens is 258 g/mol. The molecule has 1 N–H and O–H groups in total. The van der Waals surface area contributed by atoms with Crippen molar-refractivity contribution in [1.82, 2.24) is 5.32 Å². The van der Waals surface area contributed by atoms with Gasteiger partial charge in [-0.05, 0) is 48.7 Å². The summed E-state index contributed by atoms with van der Waals surface area (Å²) < 4.78 is 9.85. The van der Waals surface area contributed by atoms with Gasteiger partial charge in [0.05, 0.1) is 14.2 Å². The Labute approximate surface area is 118 Å². The number of hydrogen-bond acceptors (Lipinski definition) is 4. The molecule has 5 nitrogen and oxygen atoms in total. The van der Waals surface area contributed by atoms with Crippen molar-refractivity contribution in [2.24, 2.45) is 0 Å². The summed E-state index contributed by atoms with van der Waals surface area (Å²) in [6, 6.07) is 3.73. The molecule has 0 aliphatic carbocycles. The molecule has 1 amide bonds. The van der Waals surface area contributed by atoms with E-state index in [4.69, 9.17) is 4.74 Å². The zero-order valence-electron chi connectivity index (χ0n) is 12.4. The molecule has 5 heteroatoms. The first-order valence-corrected chi connectivity index (χ1v) is 6.12. The highest BCUT2D eigenvalue weighted by atomic mass is 16.5. The molecule has 0 aliphatic heterocycles. The molecule has 0 heterocycles. The van der Waals surface area contributed by atoms with Gasteiger partial charge in [-0.15, -0.1) is 0 Å². The second-order valence-corrected chi connectivity index (χ2v) is 4.41. The summed E-state index contributed by atoms with van der Waals surface area (Å²) in [6.07, 6.45) is 1.61. The molecule has 0 unspecified atom stereocenters. The summed E-state index contributed by atoms with van der Waals surface area (Å²) >= 11 is 0. The second kappa shape index (κ2) is 6.75. The number of amides is 1. The van der Waals surface area contributed by atoms with Gasteiger partial charge in [0.1, 0.15) is 11.4 Å². The molecule has 1 aromatic carbocycles. The Morgan fingerprint density at radius 1 is 1.15 bits per heavy atom. The number of carbonyl (C=O) groups is 2. The topological polar surface area (TPSA) is 64.6 Å². The van der Waals surface area contributed by atoms with Crippen LogP contribution in [0.15, 0.2) is 17.8 Å². The van der Waals surface area contributed by atoms with Crippen molar-refractivity contribution in [3.05, 3.63) is 34.5 Å². The number of hydrogen-bond donors (Lipinski definition) is 1. The second-order valence-electron chi connectivity index (χ2n) is 4.41. The SMILES string of the molecule is COC(=O)/C(=C/c1c(C)cc(OC)cc1C)NC(C)=O. The summed E-state index contributed by atoms with van der Waals surface area (Å²) in [4.78, 5) is 22.8. The maximum absolute atomic E-state index is 11.7. The van der Waals surface area contributed by atoms with Crippen molar-refractivity contribution < 1.29 is 19.1 Å². The number of benzene rings is 1. The van der Waals surface area contributed by atoms with Crippen LogP contribution in [0.3, 0.4) is 0 Å². The lowest BCUT2D eigenvalue weighted by Gasteiger charge is -2.11. The van der Waals surface area contributed by atoms with Crippen LogP contribution in [0.2, 0.25) is 0 Å². The van der Waals surface area contributed by atoms with Crippen LogP contribution in [0, 0.1) is 13.8 Å². The Morgan fingerprint density at radius 3 is 2.10 bits per heavy atom. The highest BCUT2D eigenvalue weighted by Crippen LogP contribution is 2.23. The largest absolute Gasteiger partial charge is 0.497 e. The first kappa shape index (κ1) is 15.8. The van der Waals surface area contributed by atoms with E-state index in [0.717, 1.165) is 22.4 Å². The molecule has 0 aliphatic rings. The maximum Gasteiger partial charge on any atom is 0.354 e. The molecular formula is C15H19NO4. The van der Waals surface area contributed by atoms with Crippen molar-refractivity contribution in [2.45, 2.75) is 20.8 Å². The van der Waals surface area contributed by atoms with Crippen LogP contribution in [0.25, 0.3) is 6.08 Å². The number of carbonyl (C=O) groups excluding carboxylic acids is 2. The predicted octanol–water partition coefficient (Wildman–Crippen LogP) is 1.96. The Balaban J connectivity index is 3.30. The minimum atomic E-state index is -0.588. The summed E-state index contributed by atoms with van der Waals surface area (Å²) in [5.74, 6) is -0.170.